The van der Waals surface area contributed by atoms with Crippen molar-refractivity contribution in [2.75, 3.05) is 13.1 Å². The molecule has 6 nitrogen and oxygen atoms in total. The number of rotatable bonds is 9. The number of nitrogens with one attached hydrogen (secondary N) is 2. The van der Waals surface area contributed by atoms with Crippen LogP contribution in [0.5, 0.6) is 0 Å². The molecule has 3 amide bonds. The number of carbonyl (C=O) groups excluding carboxylic acids is 3. The van der Waals surface area contributed by atoms with Crippen LogP contribution in [-0.4, -0.2) is 47.8 Å². The van der Waals surface area contributed by atoms with E-state index in [-0.39, 0.29) is 36.2 Å². The van der Waals surface area contributed by atoms with E-state index in [9.17, 15) is 14.4 Å². The van der Waals surface area contributed by atoms with E-state index < -0.39 is 6.04 Å². The second kappa shape index (κ2) is 10.7. The van der Waals surface area contributed by atoms with Crippen molar-refractivity contribution in [3.05, 3.63) is 35.4 Å². The first-order valence-electron chi connectivity index (χ1n) is 9.60. The van der Waals surface area contributed by atoms with Crippen LogP contribution >= 0.6 is 0 Å². The monoisotopic (exact) mass is 375 g/mol. The van der Waals surface area contributed by atoms with Gasteiger partial charge in [0.25, 0.3) is 5.91 Å². The summed E-state index contributed by atoms with van der Waals surface area (Å²) < 4.78 is 0. The van der Waals surface area contributed by atoms with Crippen molar-refractivity contribution in [3.63, 3.8) is 0 Å². The smallest absolute Gasteiger partial charge is 0.252 e. The van der Waals surface area contributed by atoms with Gasteiger partial charge in [-0.1, -0.05) is 32.0 Å². The van der Waals surface area contributed by atoms with Crippen molar-refractivity contribution < 1.29 is 14.4 Å². The molecule has 0 fully saturated rings. The first kappa shape index (κ1) is 22.7. The van der Waals surface area contributed by atoms with Gasteiger partial charge < -0.3 is 15.5 Å². The Morgan fingerprint density at radius 1 is 1.04 bits per heavy atom. The topological polar surface area (TPSA) is 78.5 Å². The van der Waals surface area contributed by atoms with Crippen molar-refractivity contribution in [1.82, 2.24) is 15.5 Å². The van der Waals surface area contributed by atoms with Crippen LogP contribution < -0.4 is 10.6 Å². The molecule has 27 heavy (non-hydrogen) atoms. The number of aryl methyl sites for hydroxylation is 1. The molecule has 0 aromatic heterocycles. The molecule has 0 aliphatic rings. The zero-order valence-electron chi connectivity index (χ0n) is 17.3. The maximum atomic E-state index is 13.0. The van der Waals surface area contributed by atoms with E-state index in [0.29, 0.717) is 18.5 Å². The second-order valence-corrected chi connectivity index (χ2v) is 7.55. The van der Waals surface area contributed by atoms with Crippen molar-refractivity contribution in [3.8, 4) is 0 Å². The molecule has 0 aliphatic carbocycles. The molecule has 0 bridgehead atoms. The number of benzene rings is 1. The van der Waals surface area contributed by atoms with Crippen molar-refractivity contribution in [2.45, 2.75) is 60.0 Å². The van der Waals surface area contributed by atoms with Gasteiger partial charge in [-0.2, -0.15) is 0 Å². The fraction of sp³-hybridized carbons (Fsp3) is 0.571. The summed E-state index contributed by atoms with van der Waals surface area (Å²) in [7, 11) is 0. The van der Waals surface area contributed by atoms with E-state index in [1.807, 2.05) is 53.7 Å². The molecule has 1 rings (SSSR count). The zero-order chi connectivity index (χ0) is 20.6. The van der Waals surface area contributed by atoms with Gasteiger partial charge in [0.15, 0.2) is 0 Å². The minimum atomic E-state index is -0.663. The van der Waals surface area contributed by atoms with E-state index in [1.165, 1.54) is 4.90 Å². The highest BCUT2D eigenvalue weighted by Crippen LogP contribution is 2.12. The van der Waals surface area contributed by atoms with Gasteiger partial charge >= 0.3 is 0 Å². The van der Waals surface area contributed by atoms with E-state index in [0.717, 1.165) is 5.56 Å². The lowest BCUT2D eigenvalue weighted by Crippen LogP contribution is -2.52. The molecule has 0 saturated carbocycles. The fourth-order valence-corrected chi connectivity index (χ4v) is 2.86. The highest BCUT2D eigenvalue weighted by molar-refractivity contribution is 5.99. The van der Waals surface area contributed by atoms with Gasteiger partial charge in [0.2, 0.25) is 11.8 Å². The third-order valence-corrected chi connectivity index (χ3v) is 4.18. The number of hydrogen-bond donors (Lipinski definition) is 2. The minimum Gasteiger partial charge on any atom is -0.352 e. The van der Waals surface area contributed by atoms with Gasteiger partial charge in [-0.3, -0.25) is 14.4 Å². The lowest BCUT2D eigenvalue weighted by Gasteiger charge is -2.28. The summed E-state index contributed by atoms with van der Waals surface area (Å²) in [5, 5.41) is 5.67. The molecule has 1 unspecified atom stereocenters. The Morgan fingerprint density at radius 2 is 1.67 bits per heavy atom. The Hall–Kier alpha value is -2.37. The third-order valence-electron chi connectivity index (χ3n) is 4.18. The van der Waals surface area contributed by atoms with Gasteiger partial charge in [0.05, 0.1) is 6.54 Å². The zero-order valence-corrected chi connectivity index (χ0v) is 17.3. The molecule has 1 aromatic rings. The van der Waals surface area contributed by atoms with Crippen molar-refractivity contribution >= 4 is 17.7 Å². The average Bonchev–Trinajstić information content (AvgIpc) is 2.57. The summed E-state index contributed by atoms with van der Waals surface area (Å²) in [5.74, 6) is -0.477. The Balaban J connectivity index is 2.93. The maximum Gasteiger partial charge on any atom is 0.252 e. The standard InChI is InChI=1S/C21H33N3O3/c1-7-24(13-19(25)22-15(4)5)21(27)18(12-14(2)3)23-20(26)17-11-9-8-10-16(17)6/h8-11,14-15,18H,7,12-13H2,1-6H3,(H,22,25)(H,23,26). The molecule has 0 radical (unpaired) electrons. The number of carbonyl (C=O) groups is 3. The van der Waals surface area contributed by atoms with E-state index in [1.54, 1.807) is 12.1 Å². The molecular weight excluding hydrogens is 342 g/mol. The van der Waals surface area contributed by atoms with Gasteiger partial charge in [0.1, 0.15) is 6.04 Å². The predicted molar refractivity (Wildman–Crippen MR) is 107 cm³/mol. The quantitative estimate of drug-likeness (QED) is 0.696. The molecule has 2 N–H and O–H groups in total. The van der Waals surface area contributed by atoms with Gasteiger partial charge in [0, 0.05) is 18.2 Å². The summed E-state index contributed by atoms with van der Waals surface area (Å²) in [6, 6.07) is 6.63. The summed E-state index contributed by atoms with van der Waals surface area (Å²) in [6.07, 6.45) is 0.513. The Kier molecular flexibility index (Phi) is 8.98. The van der Waals surface area contributed by atoms with E-state index in [2.05, 4.69) is 10.6 Å². The van der Waals surface area contributed by atoms with Crippen LogP contribution in [0.25, 0.3) is 0 Å². The molecule has 0 aliphatic heterocycles. The summed E-state index contributed by atoms with van der Waals surface area (Å²) >= 11 is 0. The molecular formula is C21H33N3O3. The molecule has 0 saturated heterocycles. The molecule has 1 atom stereocenters. The molecule has 150 valence electrons. The molecule has 6 heteroatoms. The SMILES string of the molecule is CCN(CC(=O)NC(C)C)C(=O)C(CC(C)C)NC(=O)c1ccccc1C. The minimum absolute atomic E-state index is 0.0116. The largest absolute Gasteiger partial charge is 0.352 e. The number of hydrogen-bond acceptors (Lipinski definition) is 3. The fourth-order valence-electron chi connectivity index (χ4n) is 2.86. The molecule has 0 heterocycles. The van der Waals surface area contributed by atoms with Gasteiger partial charge in [-0.25, -0.2) is 0 Å². The van der Waals surface area contributed by atoms with Crippen LogP contribution in [0, 0.1) is 12.8 Å². The first-order valence-corrected chi connectivity index (χ1v) is 9.60. The Morgan fingerprint density at radius 3 is 2.19 bits per heavy atom. The number of likely N-dealkylation sites (N-methyl/N-ethyl adjacent to an activating group) is 1. The van der Waals surface area contributed by atoms with Crippen LogP contribution in [-0.2, 0) is 9.59 Å². The molecule has 1 aromatic carbocycles. The highest BCUT2D eigenvalue weighted by Gasteiger charge is 2.28. The normalized spacial score (nSPS) is 12.0. The predicted octanol–water partition coefficient (Wildman–Crippen LogP) is 2.51. The lowest BCUT2D eigenvalue weighted by molar-refractivity contribution is -0.137. The Labute approximate surface area is 162 Å². The maximum absolute atomic E-state index is 13.0. The number of nitrogens with zero attached hydrogens (tertiary/aromatic N) is 1. The summed E-state index contributed by atoms with van der Waals surface area (Å²) in [6.45, 7) is 11.8. The van der Waals surface area contributed by atoms with Crippen LogP contribution in [0.4, 0.5) is 0 Å². The van der Waals surface area contributed by atoms with Crippen LogP contribution in [0.15, 0.2) is 24.3 Å². The van der Waals surface area contributed by atoms with Crippen molar-refractivity contribution in [1.29, 1.82) is 0 Å². The van der Waals surface area contributed by atoms with Crippen LogP contribution in [0.3, 0.4) is 0 Å². The molecule has 0 spiro atoms. The summed E-state index contributed by atoms with van der Waals surface area (Å²) in [4.78, 5) is 39.3. The van der Waals surface area contributed by atoms with Gasteiger partial charge in [-0.15, -0.1) is 0 Å². The van der Waals surface area contributed by atoms with Crippen LogP contribution in [0.2, 0.25) is 0 Å². The third kappa shape index (κ3) is 7.41. The van der Waals surface area contributed by atoms with Gasteiger partial charge in [-0.05, 0) is 51.7 Å². The number of amides is 3. The first-order chi connectivity index (χ1) is 12.6. The summed E-state index contributed by atoms with van der Waals surface area (Å²) in [5.41, 5.74) is 1.41. The Bertz CT molecular complexity index is 656. The van der Waals surface area contributed by atoms with Crippen molar-refractivity contribution in [2.24, 2.45) is 5.92 Å². The lowest BCUT2D eigenvalue weighted by atomic mass is 10.0. The average molecular weight is 376 g/mol. The van der Waals surface area contributed by atoms with Crippen LogP contribution in [0.1, 0.15) is 57.0 Å². The highest BCUT2D eigenvalue weighted by atomic mass is 16.2. The second-order valence-electron chi connectivity index (χ2n) is 7.55. The van der Waals surface area contributed by atoms with E-state index >= 15 is 0 Å². The van der Waals surface area contributed by atoms with E-state index in [4.69, 9.17) is 0 Å².